The van der Waals surface area contributed by atoms with Crippen LogP contribution < -0.4 is 15.2 Å². The van der Waals surface area contributed by atoms with Gasteiger partial charge in [-0.2, -0.15) is 0 Å². The van der Waals surface area contributed by atoms with Gasteiger partial charge in [-0.05, 0) is 6.07 Å². The summed E-state index contributed by atoms with van der Waals surface area (Å²) in [5.74, 6) is 0.905. The Bertz CT molecular complexity index is 350. The molecule has 0 radical (unpaired) electrons. The number of alkyl halides is 2. The van der Waals surface area contributed by atoms with Crippen molar-refractivity contribution in [3.05, 3.63) is 23.8 Å². The molecule has 0 spiro atoms. The number of ether oxygens (including phenoxy) is 2. The van der Waals surface area contributed by atoms with Gasteiger partial charge in [0, 0.05) is 18.0 Å². The van der Waals surface area contributed by atoms with Gasteiger partial charge in [-0.25, -0.2) is 8.78 Å². The zero-order valence-corrected chi connectivity index (χ0v) is 10.5. The maximum atomic E-state index is 12.2. The Morgan fingerprint density at radius 3 is 2.35 bits per heavy atom. The van der Waals surface area contributed by atoms with Crippen molar-refractivity contribution in [2.45, 2.75) is 18.9 Å². The zero-order valence-electron chi connectivity index (χ0n) is 9.65. The van der Waals surface area contributed by atoms with Crippen molar-refractivity contribution < 1.29 is 18.3 Å². The summed E-state index contributed by atoms with van der Waals surface area (Å²) in [5, 5.41) is 0. The number of halogens is 3. The molecule has 0 aliphatic carbocycles. The summed E-state index contributed by atoms with van der Waals surface area (Å²) in [5.41, 5.74) is 6.21. The molecule has 0 aromatic heterocycles. The fourth-order valence-electron chi connectivity index (χ4n) is 1.52. The van der Waals surface area contributed by atoms with Gasteiger partial charge in [0.2, 0.25) is 6.43 Å². The Kier molecular flexibility index (Phi) is 6.83. The Hall–Kier alpha value is -1.07. The van der Waals surface area contributed by atoms with E-state index in [4.69, 9.17) is 15.2 Å². The van der Waals surface area contributed by atoms with Crippen LogP contribution in [0.15, 0.2) is 18.2 Å². The van der Waals surface area contributed by atoms with Crippen molar-refractivity contribution in [2.24, 2.45) is 5.73 Å². The summed E-state index contributed by atoms with van der Waals surface area (Å²) in [7, 11) is 2.94. The summed E-state index contributed by atoms with van der Waals surface area (Å²) in [6.07, 6.45) is -2.84. The summed E-state index contributed by atoms with van der Waals surface area (Å²) >= 11 is 0. The second kappa shape index (κ2) is 7.29. The van der Waals surface area contributed by atoms with Crippen molar-refractivity contribution in [1.82, 2.24) is 0 Å². The van der Waals surface area contributed by atoms with Crippen molar-refractivity contribution in [1.29, 1.82) is 0 Å². The van der Waals surface area contributed by atoms with Gasteiger partial charge in [0.1, 0.15) is 0 Å². The number of methoxy groups -OCH3 is 2. The summed E-state index contributed by atoms with van der Waals surface area (Å²) in [4.78, 5) is 0. The minimum absolute atomic E-state index is 0. The van der Waals surface area contributed by atoms with E-state index in [0.29, 0.717) is 17.1 Å². The first-order chi connectivity index (χ1) is 7.60. The van der Waals surface area contributed by atoms with Gasteiger partial charge in [-0.15, -0.1) is 12.4 Å². The van der Waals surface area contributed by atoms with E-state index >= 15 is 0 Å². The predicted octanol–water partition coefficient (Wildman–Crippen LogP) is 2.78. The van der Waals surface area contributed by atoms with Crippen LogP contribution in [0.3, 0.4) is 0 Å². The van der Waals surface area contributed by atoms with Crippen LogP contribution in [-0.4, -0.2) is 20.6 Å². The number of rotatable bonds is 5. The monoisotopic (exact) mass is 267 g/mol. The normalized spacial score (nSPS) is 11.9. The number of hydrogen-bond acceptors (Lipinski definition) is 3. The van der Waals surface area contributed by atoms with E-state index in [2.05, 4.69) is 0 Å². The summed E-state index contributed by atoms with van der Waals surface area (Å²) < 4.78 is 34.7. The maximum Gasteiger partial charge on any atom is 0.240 e. The highest BCUT2D eigenvalue weighted by Crippen LogP contribution is 2.35. The number of para-hydroxylation sites is 1. The summed E-state index contributed by atoms with van der Waals surface area (Å²) in [6.45, 7) is 0. The van der Waals surface area contributed by atoms with E-state index in [1.54, 1.807) is 18.2 Å². The third-order valence-electron chi connectivity index (χ3n) is 2.26. The average Bonchev–Trinajstić information content (AvgIpc) is 2.26. The Morgan fingerprint density at radius 1 is 1.24 bits per heavy atom. The lowest BCUT2D eigenvalue weighted by molar-refractivity contribution is 0.128. The van der Waals surface area contributed by atoms with Crippen LogP contribution in [-0.2, 0) is 0 Å². The van der Waals surface area contributed by atoms with Crippen LogP contribution in [0.25, 0.3) is 0 Å². The van der Waals surface area contributed by atoms with Gasteiger partial charge in [-0.1, -0.05) is 12.1 Å². The maximum absolute atomic E-state index is 12.2. The smallest absolute Gasteiger partial charge is 0.240 e. The molecule has 1 aromatic carbocycles. The molecular formula is C11H16ClF2NO2. The van der Waals surface area contributed by atoms with Crippen molar-refractivity contribution in [2.75, 3.05) is 14.2 Å². The topological polar surface area (TPSA) is 44.5 Å². The van der Waals surface area contributed by atoms with Gasteiger partial charge in [0.15, 0.2) is 11.5 Å². The van der Waals surface area contributed by atoms with Gasteiger partial charge >= 0.3 is 0 Å². The van der Waals surface area contributed by atoms with Crippen molar-refractivity contribution >= 4 is 12.4 Å². The molecule has 0 aliphatic rings. The molecule has 0 bridgehead atoms. The van der Waals surface area contributed by atoms with Crippen LogP contribution in [0.4, 0.5) is 8.78 Å². The molecule has 0 heterocycles. The first-order valence-electron chi connectivity index (χ1n) is 4.84. The lowest BCUT2D eigenvalue weighted by atomic mass is 10.0. The van der Waals surface area contributed by atoms with Crippen LogP contribution in [0.5, 0.6) is 11.5 Å². The molecule has 1 rings (SSSR count). The molecule has 0 aliphatic heterocycles. The highest BCUT2D eigenvalue weighted by atomic mass is 35.5. The fraction of sp³-hybridized carbons (Fsp3) is 0.455. The lowest BCUT2D eigenvalue weighted by Gasteiger charge is -2.17. The molecule has 98 valence electrons. The predicted molar refractivity (Wildman–Crippen MR) is 64.3 cm³/mol. The van der Waals surface area contributed by atoms with Crippen molar-refractivity contribution in [3.63, 3.8) is 0 Å². The molecule has 2 N–H and O–H groups in total. The first-order valence-corrected chi connectivity index (χ1v) is 4.84. The van der Waals surface area contributed by atoms with Gasteiger partial charge < -0.3 is 15.2 Å². The zero-order chi connectivity index (χ0) is 12.1. The largest absolute Gasteiger partial charge is 0.493 e. The molecule has 0 unspecified atom stereocenters. The Morgan fingerprint density at radius 2 is 1.88 bits per heavy atom. The molecule has 6 heteroatoms. The van der Waals surface area contributed by atoms with Gasteiger partial charge in [0.05, 0.1) is 14.2 Å². The molecule has 0 fully saturated rings. The van der Waals surface area contributed by atoms with Crippen LogP contribution in [0, 0.1) is 0 Å². The molecule has 17 heavy (non-hydrogen) atoms. The first kappa shape index (κ1) is 15.9. The van der Waals surface area contributed by atoms with Crippen molar-refractivity contribution in [3.8, 4) is 11.5 Å². The number of nitrogens with two attached hydrogens (primary N) is 1. The minimum atomic E-state index is -2.44. The van der Waals surface area contributed by atoms with E-state index in [1.165, 1.54) is 14.2 Å². The molecule has 1 aromatic rings. The highest BCUT2D eigenvalue weighted by molar-refractivity contribution is 5.85. The Labute approximate surface area is 105 Å². The molecule has 3 nitrogen and oxygen atoms in total. The van der Waals surface area contributed by atoms with E-state index in [1.807, 2.05) is 0 Å². The molecule has 1 atom stereocenters. The van der Waals surface area contributed by atoms with Crippen LogP contribution in [0.1, 0.15) is 18.0 Å². The molecule has 0 saturated carbocycles. The fourth-order valence-corrected chi connectivity index (χ4v) is 1.52. The van der Waals surface area contributed by atoms with Crippen LogP contribution in [0.2, 0.25) is 0 Å². The minimum Gasteiger partial charge on any atom is -0.493 e. The second-order valence-electron chi connectivity index (χ2n) is 3.32. The van der Waals surface area contributed by atoms with E-state index in [9.17, 15) is 8.78 Å². The van der Waals surface area contributed by atoms with E-state index < -0.39 is 18.9 Å². The third kappa shape index (κ3) is 4.02. The molecule has 0 amide bonds. The molecule has 0 saturated heterocycles. The molecular weight excluding hydrogens is 252 g/mol. The van der Waals surface area contributed by atoms with Crippen LogP contribution >= 0.6 is 12.4 Å². The average molecular weight is 268 g/mol. The SMILES string of the molecule is COc1cccc([C@H](N)CC(F)F)c1OC.Cl. The van der Waals surface area contributed by atoms with E-state index in [-0.39, 0.29) is 12.4 Å². The lowest BCUT2D eigenvalue weighted by Crippen LogP contribution is -2.15. The van der Waals surface area contributed by atoms with Gasteiger partial charge in [-0.3, -0.25) is 0 Å². The van der Waals surface area contributed by atoms with Gasteiger partial charge in [0.25, 0.3) is 0 Å². The second-order valence-corrected chi connectivity index (χ2v) is 3.32. The summed E-state index contributed by atoms with van der Waals surface area (Å²) in [6, 6.07) is 4.29. The standard InChI is InChI=1S/C11H15F2NO2.ClH/c1-15-9-5-3-4-7(11(9)16-2)8(14)6-10(12)13;/h3-5,8,10H,6,14H2,1-2H3;1H/t8-;/m1./s1. The number of benzene rings is 1. The third-order valence-corrected chi connectivity index (χ3v) is 2.26. The van der Waals surface area contributed by atoms with E-state index in [0.717, 1.165) is 0 Å². The number of hydrogen-bond donors (Lipinski definition) is 1. The quantitative estimate of drug-likeness (QED) is 0.892. The highest BCUT2D eigenvalue weighted by Gasteiger charge is 2.19. The Balaban J connectivity index is 0.00000256.